The summed E-state index contributed by atoms with van der Waals surface area (Å²) in [4.78, 5) is 14.0. The maximum atomic E-state index is 11.9. The van der Waals surface area contributed by atoms with Crippen LogP contribution in [-0.4, -0.2) is 56.7 Å². The molecule has 1 atom stereocenters. The maximum Gasteiger partial charge on any atom is 0.234 e. The number of hydrogen-bond acceptors (Lipinski definition) is 4. The second-order valence-corrected chi connectivity index (χ2v) is 5.01. The first-order valence-corrected chi connectivity index (χ1v) is 6.72. The van der Waals surface area contributed by atoms with Crippen molar-refractivity contribution >= 4 is 5.91 Å². The van der Waals surface area contributed by atoms with Crippen molar-refractivity contribution in [2.24, 2.45) is 11.7 Å². The Kier molecular flexibility index (Phi) is 9.92. The van der Waals surface area contributed by atoms with E-state index in [1.807, 2.05) is 6.92 Å². The van der Waals surface area contributed by atoms with Gasteiger partial charge in [0.1, 0.15) is 0 Å². The van der Waals surface area contributed by atoms with Crippen LogP contribution in [0.4, 0.5) is 0 Å². The molecule has 5 heteroatoms. The highest BCUT2D eigenvalue weighted by Gasteiger charge is 2.14. The van der Waals surface area contributed by atoms with Crippen LogP contribution in [0, 0.1) is 5.92 Å². The van der Waals surface area contributed by atoms with Crippen molar-refractivity contribution in [3.05, 3.63) is 0 Å². The molecular formula is C13H29N3O2. The van der Waals surface area contributed by atoms with E-state index in [4.69, 9.17) is 10.5 Å². The van der Waals surface area contributed by atoms with E-state index in [2.05, 4.69) is 24.1 Å². The van der Waals surface area contributed by atoms with Gasteiger partial charge >= 0.3 is 0 Å². The zero-order valence-electron chi connectivity index (χ0n) is 12.2. The van der Waals surface area contributed by atoms with Crippen LogP contribution in [0.2, 0.25) is 0 Å². The molecule has 0 bridgehead atoms. The smallest absolute Gasteiger partial charge is 0.234 e. The van der Waals surface area contributed by atoms with Crippen LogP contribution in [0.1, 0.15) is 27.2 Å². The molecule has 5 nitrogen and oxygen atoms in total. The van der Waals surface area contributed by atoms with Crippen molar-refractivity contribution in [1.29, 1.82) is 0 Å². The Morgan fingerprint density at radius 3 is 2.50 bits per heavy atom. The zero-order valence-corrected chi connectivity index (χ0v) is 12.2. The molecule has 0 saturated carbocycles. The molecular weight excluding hydrogens is 230 g/mol. The summed E-state index contributed by atoms with van der Waals surface area (Å²) in [5.41, 5.74) is 5.50. The first-order valence-electron chi connectivity index (χ1n) is 6.72. The number of nitrogens with one attached hydrogen (secondary N) is 1. The number of hydrogen-bond donors (Lipinski definition) is 2. The van der Waals surface area contributed by atoms with Crippen molar-refractivity contribution in [3.63, 3.8) is 0 Å². The molecule has 0 heterocycles. The van der Waals surface area contributed by atoms with Crippen molar-refractivity contribution in [3.8, 4) is 0 Å². The van der Waals surface area contributed by atoms with E-state index in [1.54, 1.807) is 7.11 Å². The Balaban J connectivity index is 4.07. The summed E-state index contributed by atoms with van der Waals surface area (Å²) in [5, 5.41) is 3.01. The van der Waals surface area contributed by atoms with E-state index >= 15 is 0 Å². The fraction of sp³-hybridized carbons (Fsp3) is 0.923. The first-order chi connectivity index (χ1) is 8.51. The largest absolute Gasteiger partial charge is 0.383 e. The van der Waals surface area contributed by atoms with E-state index in [-0.39, 0.29) is 11.9 Å². The molecule has 0 aromatic heterocycles. The Labute approximate surface area is 111 Å². The number of methoxy groups -OCH3 is 1. The lowest BCUT2D eigenvalue weighted by Crippen LogP contribution is -2.44. The fourth-order valence-electron chi connectivity index (χ4n) is 1.47. The van der Waals surface area contributed by atoms with Crippen LogP contribution in [0.3, 0.4) is 0 Å². The lowest BCUT2D eigenvalue weighted by molar-refractivity contribution is -0.123. The fourth-order valence-corrected chi connectivity index (χ4v) is 1.47. The normalized spacial score (nSPS) is 13.1. The van der Waals surface area contributed by atoms with E-state index in [0.29, 0.717) is 25.6 Å². The third kappa shape index (κ3) is 8.44. The van der Waals surface area contributed by atoms with Crippen LogP contribution in [0.5, 0.6) is 0 Å². The van der Waals surface area contributed by atoms with Gasteiger partial charge in [0.2, 0.25) is 5.91 Å². The molecule has 0 aromatic carbocycles. The highest BCUT2D eigenvalue weighted by atomic mass is 16.5. The second-order valence-electron chi connectivity index (χ2n) is 5.01. The Bertz CT molecular complexity index is 214. The third-order valence-corrected chi connectivity index (χ3v) is 3.05. The molecule has 1 unspecified atom stereocenters. The van der Waals surface area contributed by atoms with Crippen LogP contribution in [0.15, 0.2) is 0 Å². The van der Waals surface area contributed by atoms with Crippen molar-refractivity contribution in [2.75, 3.05) is 39.9 Å². The van der Waals surface area contributed by atoms with Crippen LogP contribution >= 0.6 is 0 Å². The highest BCUT2D eigenvalue weighted by molar-refractivity contribution is 5.78. The van der Waals surface area contributed by atoms with Gasteiger partial charge in [-0.1, -0.05) is 13.8 Å². The number of carbonyl (C=O) groups excluding carboxylic acids is 1. The standard InChI is InChI=1S/C13H29N3O2/c1-11(2)12(3)15-13(17)10-16(7-5-6-14)8-9-18-4/h11-12H,5-10,14H2,1-4H3,(H,15,17). The van der Waals surface area contributed by atoms with Gasteiger partial charge in [-0.25, -0.2) is 0 Å². The highest BCUT2D eigenvalue weighted by Crippen LogP contribution is 2.00. The number of carbonyl (C=O) groups is 1. The Morgan fingerprint density at radius 2 is 2.00 bits per heavy atom. The van der Waals surface area contributed by atoms with E-state index in [9.17, 15) is 4.79 Å². The van der Waals surface area contributed by atoms with Crippen LogP contribution in [0.25, 0.3) is 0 Å². The molecule has 0 aliphatic heterocycles. The van der Waals surface area contributed by atoms with Gasteiger partial charge in [-0.05, 0) is 32.4 Å². The number of amides is 1. The topological polar surface area (TPSA) is 67.6 Å². The Hall–Kier alpha value is -0.650. The van der Waals surface area contributed by atoms with E-state index in [1.165, 1.54) is 0 Å². The quantitative estimate of drug-likeness (QED) is 0.597. The van der Waals surface area contributed by atoms with E-state index < -0.39 is 0 Å². The van der Waals surface area contributed by atoms with Gasteiger partial charge in [-0.2, -0.15) is 0 Å². The summed E-state index contributed by atoms with van der Waals surface area (Å²) in [5.74, 6) is 0.523. The molecule has 0 saturated heterocycles. The van der Waals surface area contributed by atoms with Gasteiger partial charge in [0.25, 0.3) is 0 Å². The molecule has 3 N–H and O–H groups in total. The first kappa shape index (κ1) is 17.4. The summed E-state index contributed by atoms with van der Waals surface area (Å²) in [6.07, 6.45) is 0.900. The average molecular weight is 259 g/mol. The number of nitrogens with zero attached hydrogens (tertiary/aromatic N) is 1. The molecule has 0 aromatic rings. The number of ether oxygens (including phenoxy) is 1. The maximum absolute atomic E-state index is 11.9. The summed E-state index contributed by atoms with van der Waals surface area (Å²) in [7, 11) is 1.67. The molecule has 108 valence electrons. The second kappa shape index (κ2) is 10.3. The molecule has 0 aliphatic rings. The minimum atomic E-state index is 0.0734. The average Bonchev–Trinajstić information content (AvgIpc) is 2.32. The third-order valence-electron chi connectivity index (χ3n) is 3.05. The van der Waals surface area contributed by atoms with Crippen molar-refractivity contribution in [1.82, 2.24) is 10.2 Å². The lowest BCUT2D eigenvalue weighted by atomic mass is 10.1. The van der Waals surface area contributed by atoms with Gasteiger partial charge in [0.05, 0.1) is 13.2 Å². The van der Waals surface area contributed by atoms with Gasteiger partial charge in [0.15, 0.2) is 0 Å². The summed E-state index contributed by atoms with van der Waals surface area (Å²) in [6.45, 7) is 9.53. The lowest BCUT2D eigenvalue weighted by Gasteiger charge is -2.23. The molecule has 0 aliphatic carbocycles. The minimum absolute atomic E-state index is 0.0734. The van der Waals surface area contributed by atoms with Crippen molar-refractivity contribution < 1.29 is 9.53 Å². The van der Waals surface area contributed by atoms with E-state index in [0.717, 1.165) is 19.5 Å². The summed E-state index contributed by atoms with van der Waals surface area (Å²) < 4.78 is 5.05. The van der Waals surface area contributed by atoms with Crippen LogP contribution in [-0.2, 0) is 9.53 Å². The predicted molar refractivity (Wildman–Crippen MR) is 74.4 cm³/mol. The molecule has 0 spiro atoms. The minimum Gasteiger partial charge on any atom is -0.383 e. The predicted octanol–water partition coefficient (Wildman–Crippen LogP) is 0.444. The molecule has 18 heavy (non-hydrogen) atoms. The van der Waals surface area contributed by atoms with Gasteiger partial charge in [-0.15, -0.1) is 0 Å². The Morgan fingerprint density at radius 1 is 1.33 bits per heavy atom. The molecule has 1 amide bonds. The SMILES string of the molecule is COCCN(CCCN)CC(=O)NC(C)C(C)C. The van der Waals surface area contributed by atoms with Crippen molar-refractivity contribution in [2.45, 2.75) is 33.2 Å². The summed E-state index contributed by atoms with van der Waals surface area (Å²) >= 11 is 0. The summed E-state index contributed by atoms with van der Waals surface area (Å²) in [6, 6.07) is 0.205. The van der Waals surface area contributed by atoms with Gasteiger partial charge < -0.3 is 15.8 Å². The van der Waals surface area contributed by atoms with Crippen LogP contribution < -0.4 is 11.1 Å². The molecule has 0 fully saturated rings. The number of nitrogens with two attached hydrogens (primary N) is 1. The van der Waals surface area contributed by atoms with Gasteiger partial charge in [-0.3, -0.25) is 9.69 Å². The molecule has 0 radical (unpaired) electrons. The van der Waals surface area contributed by atoms with Gasteiger partial charge in [0, 0.05) is 19.7 Å². The monoisotopic (exact) mass is 259 g/mol. The number of rotatable bonds is 10. The zero-order chi connectivity index (χ0) is 14.0. The molecule has 0 rings (SSSR count).